The number of carbonyl (C=O) groups excluding carboxylic acids is 2. The molecule has 0 atom stereocenters. The van der Waals surface area contributed by atoms with Crippen LogP contribution < -0.4 is 5.32 Å². The molecule has 0 spiro atoms. The van der Waals surface area contributed by atoms with Crippen molar-refractivity contribution in [2.45, 2.75) is 0 Å². The minimum Gasteiger partial charge on any atom is -0.465 e. The van der Waals surface area contributed by atoms with E-state index in [2.05, 4.69) is 20.0 Å². The van der Waals surface area contributed by atoms with Gasteiger partial charge in [-0.15, -0.1) is 0 Å². The summed E-state index contributed by atoms with van der Waals surface area (Å²) < 4.78 is 4.60. The Morgan fingerprint density at radius 2 is 2.21 bits per heavy atom. The second-order valence-corrected chi connectivity index (χ2v) is 4.01. The molecule has 2 N–H and O–H groups in total. The molecule has 0 aliphatic rings. The summed E-state index contributed by atoms with van der Waals surface area (Å²) in [6.07, 6.45) is 2.77. The third-order valence-corrected chi connectivity index (χ3v) is 2.71. The number of H-pyrrole nitrogens is 1. The largest absolute Gasteiger partial charge is 0.465 e. The first kappa shape index (κ1) is 13.1. The van der Waals surface area contributed by atoms with Gasteiger partial charge in [0.25, 0.3) is 5.91 Å². The van der Waals surface area contributed by atoms with Crippen molar-refractivity contribution in [2.75, 3.05) is 12.4 Å². The SMILES string of the molecule is COC(=O)c1ccc(Cl)c(NC(=O)c2cnc[nH]2)c1. The molecule has 0 saturated heterocycles. The molecular weight excluding hydrogens is 270 g/mol. The third kappa shape index (κ3) is 2.92. The Labute approximate surface area is 113 Å². The average molecular weight is 280 g/mol. The zero-order valence-corrected chi connectivity index (χ0v) is 10.7. The van der Waals surface area contributed by atoms with E-state index in [1.807, 2.05) is 0 Å². The number of rotatable bonds is 3. The van der Waals surface area contributed by atoms with Crippen molar-refractivity contribution >= 4 is 29.2 Å². The molecule has 0 aliphatic carbocycles. The lowest BCUT2D eigenvalue weighted by molar-refractivity contribution is 0.0600. The molecule has 0 unspecified atom stereocenters. The maximum Gasteiger partial charge on any atom is 0.337 e. The second-order valence-electron chi connectivity index (χ2n) is 3.61. The van der Waals surface area contributed by atoms with Crippen molar-refractivity contribution < 1.29 is 14.3 Å². The maximum atomic E-state index is 11.8. The fraction of sp³-hybridized carbons (Fsp3) is 0.0833. The summed E-state index contributed by atoms with van der Waals surface area (Å²) in [7, 11) is 1.28. The average Bonchev–Trinajstić information content (AvgIpc) is 2.94. The molecule has 0 saturated carbocycles. The second kappa shape index (κ2) is 5.53. The number of esters is 1. The molecule has 0 bridgehead atoms. The van der Waals surface area contributed by atoms with Crippen LogP contribution in [0.25, 0.3) is 0 Å². The Morgan fingerprint density at radius 3 is 2.84 bits per heavy atom. The van der Waals surface area contributed by atoms with Crippen LogP contribution in [0.2, 0.25) is 5.02 Å². The van der Waals surface area contributed by atoms with Crippen molar-refractivity contribution in [1.29, 1.82) is 0 Å². The number of halogens is 1. The van der Waals surface area contributed by atoms with Crippen LogP contribution in [0.5, 0.6) is 0 Å². The number of imidazole rings is 1. The monoisotopic (exact) mass is 279 g/mol. The standard InChI is InChI=1S/C12H10ClN3O3/c1-19-12(18)7-2-3-8(13)9(4-7)16-11(17)10-5-14-6-15-10/h2-6H,1H3,(H,14,15)(H,16,17). The Bertz CT molecular complexity index is 611. The van der Waals surface area contributed by atoms with Crippen molar-refractivity contribution in [1.82, 2.24) is 9.97 Å². The zero-order chi connectivity index (χ0) is 13.8. The van der Waals surface area contributed by atoms with Crippen LogP contribution in [0.1, 0.15) is 20.8 Å². The van der Waals surface area contributed by atoms with Gasteiger partial charge in [-0.1, -0.05) is 11.6 Å². The molecule has 0 aliphatic heterocycles. The number of nitrogens with one attached hydrogen (secondary N) is 2. The molecule has 1 aromatic heterocycles. The Hall–Kier alpha value is -2.34. The number of ether oxygens (including phenoxy) is 1. The van der Waals surface area contributed by atoms with Gasteiger partial charge in [-0.05, 0) is 18.2 Å². The number of hydrogen-bond acceptors (Lipinski definition) is 4. The van der Waals surface area contributed by atoms with E-state index in [9.17, 15) is 9.59 Å². The summed E-state index contributed by atoms with van der Waals surface area (Å²) in [6.45, 7) is 0. The van der Waals surface area contributed by atoms with E-state index in [1.165, 1.54) is 37.8 Å². The van der Waals surface area contributed by atoms with Crippen molar-refractivity contribution in [3.63, 3.8) is 0 Å². The highest BCUT2D eigenvalue weighted by Crippen LogP contribution is 2.23. The van der Waals surface area contributed by atoms with E-state index in [0.717, 1.165) is 0 Å². The number of amides is 1. The van der Waals surface area contributed by atoms with Crippen LogP contribution >= 0.6 is 11.6 Å². The zero-order valence-electron chi connectivity index (χ0n) is 9.94. The predicted octanol–water partition coefficient (Wildman–Crippen LogP) is 2.10. The summed E-state index contributed by atoms with van der Waals surface area (Å²) >= 11 is 5.96. The van der Waals surface area contributed by atoms with Crippen molar-refractivity contribution in [2.24, 2.45) is 0 Å². The Balaban J connectivity index is 2.24. The van der Waals surface area contributed by atoms with Gasteiger partial charge in [-0.25, -0.2) is 9.78 Å². The predicted molar refractivity (Wildman–Crippen MR) is 69.3 cm³/mol. The van der Waals surface area contributed by atoms with Crippen LogP contribution in [0.15, 0.2) is 30.7 Å². The van der Waals surface area contributed by atoms with Crippen molar-refractivity contribution in [3.8, 4) is 0 Å². The summed E-state index contributed by atoms with van der Waals surface area (Å²) in [5.74, 6) is -0.907. The fourth-order valence-corrected chi connectivity index (χ4v) is 1.60. The number of nitrogens with zero attached hydrogens (tertiary/aromatic N) is 1. The normalized spacial score (nSPS) is 10.0. The highest BCUT2D eigenvalue weighted by Gasteiger charge is 2.12. The van der Waals surface area contributed by atoms with Gasteiger partial charge in [0.1, 0.15) is 5.69 Å². The maximum absolute atomic E-state index is 11.8. The molecule has 98 valence electrons. The number of benzene rings is 1. The molecule has 2 aromatic rings. The van der Waals surface area contributed by atoms with Gasteiger partial charge >= 0.3 is 5.97 Å². The minimum atomic E-state index is -0.506. The lowest BCUT2D eigenvalue weighted by Gasteiger charge is -2.07. The number of anilines is 1. The molecule has 19 heavy (non-hydrogen) atoms. The smallest absolute Gasteiger partial charge is 0.337 e. The Morgan fingerprint density at radius 1 is 1.42 bits per heavy atom. The van der Waals surface area contributed by atoms with Crippen molar-refractivity contribution in [3.05, 3.63) is 47.0 Å². The molecule has 2 rings (SSSR count). The van der Waals surface area contributed by atoms with Crippen LogP contribution in [0.3, 0.4) is 0 Å². The van der Waals surface area contributed by atoms with Gasteiger partial charge in [-0.2, -0.15) is 0 Å². The van der Waals surface area contributed by atoms with Crippen LogP contribution in [0.4, 0.5) is 5.69 Å². The summed E-state index contributed by atoms with van der Waals surface area (Å²) in [6, 6.07) is 4.47. The van der Waals surface area contributed by atoms with Gasteiger partial charge in [0.2, 0.25) is 0 Å². The molecule has 1 aromatic carbocycles. The molecule has 1 amide bonds. The molecule has 0 radical (unpaired) electrons. The highest BCUT2D eigenvalue weighted by molar-refractivity contribution is 6.34. The van der Waals surface area contributed by atoms with Gasteiger partial charge in [0, 0.05) is 0 Å². The lowest BCUT2D eigenvalue weighted by atomic mass is 10.2. The van der Waals surface area contributed by atoms with Gasteiger partial charge < -0.3 is 15.0 Å². The highest BCUT2D eigenvalue weighted by atomic mass is 35.5. The molecular formula is C12H10ClN3O3. The van der Waals surface area contributed by atoms with E-state index in [1.54, 1.807) is 0 Å². The van der Waals surface area contributed by atoms with E-state index in [4.69, 9.17) is 11.6 Å². The summed E-state index contributed by atoms with van der Waals surface area (Å²) in [5.41, 5.74) is 0.913. The lowest BCUT2D eigenvalue weighted by Crippen LogP contribution is -2.13. The van der Waals surface area contributed by atoms with Crippen LogP contribution in [-0.4, -0.2) is 29.0 Å². The molecule has 7 heteroatoms. The number of aromatic amines is 1. The first-order chi connectivity index (χ1) is 9.11. The number of methoxy groups -OCH3 is 1. The van der Waals surface area contributed by atoms with Gasteiger partial charge in [0.15, 0.2) is 0 Å². The number of aromatic nitrogens is 2. The first-order valence-electron chi connectivity index (χ1n) is 5.29. The van der Waals surface area contributed by atoms with E-state index < -0.39 is 11.9 Å². The quantitative estimate of drug-likeness (QED) is 0.843. The van der Waals surface area contributed by atoms with Gasteiger partial charge in [-0.3, -0.25) is 4.79 Å². The Kier molecular flexibility index (Phi) is 3.82. The van der Waals surface area contributed by atoms with Crippen LogP contribution in [0, 0.1) is 0 Å². The summed E-state index contributed by atoms with van der Waals surface area (Å²) in [4.78, 5) is 29.6. The minimum absolute atomic E-state index is 0.291. The molecule has 1 heterocycles. The van der Waals surface area contributed by atoms with Crippen LogP contribution in [-0.2, 0) is 4.74 Å². The van der Waals surface area contributed by atoms with E-state index in [0.29, 0.717) is 22.0 Å². The molecule has 6 nitrogen and oxygen atoms in total. The van der Waals surface area contributed by atoms with Gasteiger partial charge in [0.05, 0.1) is 35.9 Å². The molecule has 0 fully saturated rings. The number of hydrogen-bond donors (Lipinski definition) is 2. The first-order valence-corrected chi connectivity index (χ1v) is 5.67. The fourth-order valence-electron chi connectivity index (χ4n) is 1.44. The summed E-state index contributed by atoms with van der Waals surface area (Å²) in [5, 5.41) is 2.90. The van der Waals surface area contributed by atoms with E-state index in [-0.39, 0.29) is 0 Å². The number of carbonyl (C=O) groups is 2. The van der Waals surface area contributed by atoms with E-state index >= 15 is 0 Å². The topological polar surface area (TPSA) is 84.1 Å². The third-order valence-electron chi connectivity index (χ3n) is 2.38.